The van der Waals surface area contributed by atoms with Gasteiger partial charge in [0, 0.05) is 57.7 Å². The van der Waals surface area contributed by atoms with Gasteiger partial charge in [0.15, 0.2) is 5.69 Å². The number of methoxy groups -OCH3 is 1. The number of carbonyl (C=O) groups is 1. The molecule has 1 atom stereocenters. The van der Waals surface area contributed by atoms with Crippen LogP contribution in [0.15, 0.2) is 24.3 Å². The lowest BCUT2D eigenvalue weighted by Gasteiger charge is -2.43. The lowest BCUT2D eigenvalue weighted by molar-refractivity contribution is 0.00602. The van der Waals surface area contributed by atoms with E-state index >= 15 is 0 Å². The number of rotatable bonds is 4. The Labute approximate surface area is 166 Å². The second-order valence-corrected chi connectivity index (χ2v) is 8.14. The molecule has 2 aliphatic rings. The smallest absolute Gasteiger partial charge is 0.275 e. The van der Waals surface area contributed by atoms with Gasteiger partial charge in [0.05, 0.1) is 25.3 Å². The van der Waals surface area contributed by atoms with Crippen LogP contribution in [-0.4, -0.2) is 85.1 Å². The maximum atomic E-state index is 13.4. The number of amides is 1. The van der Waals surface area contributed by atoms with Gasteiger partial charge in [-0.25, -0.2) is 0 Å². The van der Waals surface area contributed by atoms with Crippen molar-refractivity contribution in [1.29, 1.82) is 0 Å². The number of piperidine rings is 1. The van der Waals surface area contributed by atoms with Crippen LogP contribution < -0.4 is 0 Å². The zero-order valence-electron chi connectivity index (χ0n) is 16.9. The van der Waals surface area contributed by atoms with Crippen molar-refractivity contribution in [2.24, 2.45) is 12.5 Å². The highest BCUT2D eigenvalue weighted by Gasteiger charge is 2.40. The summed E-state index contributed by atoms with van der Waals surface area (Å²) in [5.41, 5.74) is 1.53. The van der Waals surface area contributed by atoms with Crippen molar-refractivity contribution in [1.82, 2.24) is 19.6 Å². The number of likely N-dealkylation sites (tertiary alicyclic amines) is 1. The molecule has 0 saturated carbocycles. The highest BCUT2D eigenvalue weighted by atomic mass is 16.5. The number of hydrogen-bond acceptors (Lipinski definition) is 5. The Balaban J connectivity index is 1.54. The summed E-state index contributed by atoms with van der Waals surface area (Å²) in [7, 11) is 3.63. The van der Waals surface area contributed by atoms with E-state index in [9.17, 15) is 4.79 Å². The molecule has 0 radical (unpaired) electrons. The van der Waals surface area contributed by atoms with Crippen LogP contribution in [0.4, 0.5) is 0 Å². The van der Waals surface area contributed by atoms with E-state index in [0.717, 1.165) is 69.7 Å². The molecule has 0 aliphatic carbocycles. The van der Waals surface area contributed by atoms with Crippen LogP contribution in [0.2, 0.25) is 0 Å². The van der Waals surface area contributed by atoms with E-state index in [1.54, 1.807) is 11.8 Å². The molecule has 28 heavy (non-hydrogen) atoms. The van der Waals surface area contributed by atoms with Crippen molar-refractivity contribution in [2.75, 3.05) is 59.7 Å². The molecule has 7 heteroatoms. The Bertz CT molecular complexity index is 836. The fourth-order valence-corrected chi connectivity index (χ4v) is 4.64. The number of carbonyl (C=O) groups excluding carboxylic acids is 1. The van der Waals surface area contributed by atoms with Gasteiger partial charge in [0.25, 0.3) is 5.91 Å². The minimum atomic E-state index is -0.0112. The minimum absolute atomic E-state index is 0.0112. The number of nitrogens with zero attached hydrogens (tertiary/aromatic N) is 4. The first kappa shape index (κ1) is 19.4. The third-order valence-corrected chi connectivity index (χ3v) is 6.04. The average molecular weight is 386 g/mol. The van der Waals surface area contributed by atoms with Gasteiger partial charge in [0.1, 0.15) is 0 Å². The van der Waals surface area contributed by atoms with Crippen molar-refractivity contribution in [2.45, 2.75) is 12.8 Å². The van der Waals surface area contributed by atoms with Crippen molar-refractivity contribution < 1.29 is 14.3 Å². The SMILES string of the molecule is COCCN1CCOC[C@@]2(CCCN(C(=O)c3nn(C)c4ccccc34)C2)C1. The zero-order valence-corrected chi connectivity index (χ0v) is 16.9. The van der Waals surface area contributed by atoms with E-state index < -0.39 is 0 Å². The van der Waals surface area contributed by atoms with E-state index in [-0.39, 0.29) is 11.3 Å². The van der Waals surface area contributed by atoms with Crippen LogP contribution in [0.25, 0.3) is 10.9 Å². The normalized spacial score (nSPS) is 24.0. The number of aryl methyl sites for hydroxylation is 1. The highest BCUT2D eigenvalue weighted by Crippen LogP contribution is 2.34. The molecule has 0 bridgehead atoms. The topological polar surface area (TPSA) is 59.8 Å². The van der Waals surface area contributed by atoms with Gasteiger partial charge in [-0.05, 0) is 18.9 Å². The summed E-state index contributed by atoms with van der Waals surface area (Å²) in [6.45, 7) is 6.45. The fourth-order valence-electron chi connectivity index (χ4n) is 4.64. The van der Waals surface area contributed by atoms with Gasteiger partial charge in [-0.15, -0.1) is 0 Å². The van der Waals surface area contributed by atoms with Crippen LogP contribution in [0.5, 0.6) is 0 Å². The van der Waals surface area contributed by atoms with Gasteiger partial charge in [-0.1, -0.05) is 18.2 Å². The summed E-state index contributed by atoms with van der Waals surface area (Å²) in [6.07, 6.45) is 2.08. The standard InChI is InChI=1S/C21H30N4O3/c1-23-18-7-4-3-6-17(18)19(22-23)20(26)25-9-5-8-21(15-25)14-24(10-12-27-2)11-13-28-16-21/h3-4,6-7H,5,8-16H2,1-2H3/t21-/m0/s1. The first-order chi connectivity index (χ1) is 13.6. The van der Waals surface area contributed by atoms with Crippen LogP contribution in [0.1, 0.15) is 23.3 Å². The molecule has 1 aromatic heterocycles. The molecule has 4 rings (SSSR count). The van der Waals surface area contributed by atoms with E-state index in [4.69, 9.17) is 9.47 Å². The summed E-state index contributed by atoms with van der Waals surface area (Å²) < 4.78 is 13.0. The van der Waals surface area contributed by atoms with Crippen LogP contribution in [-0.2, 0) is 16.5 Å². The summed E-state index contributed by atoms with van der Waals surface area (Å²) in [4.78, 5) is 17.8. The monoisotopic (exact) mass is 386 g/mol. The summed E-state index contributed by atoms with van der Waals surface area (Å²) in [6, 6.07) is 7.93. The average Bonchev–Trinajstić information content (AvgIpc) is 2.93. The van der Waals surface area contributed by atoms with E-state index in [1.807, 2.05) is 36.2 Å². The lowest BCUT2D eigenvalue weighted by Crippen LogP contribution is -2.52. The zero-order chi connectivity index (χ0) is 19.6. The molecule has 0 unspecified atom stereocenters. The number of ether oxygens (including phenoxy) is 2. The molecule has 2 aromatic rings. The molecule has 3 heterocycles. The molecular weight excluding hydrogens is 356 g/mol. The summed E-state index contributed by atoms with van der Waals surface area (Å²) in [5, 5.41) is 5.46. The van der Waals surface area contributed by atoms with Gasteiger partial charge in [-0.2, -0.15) is 5.10 Å². The quantitative estimate of drug-likeness (QED) is 0.802. The van der Waals surface area contributed by atoms with Crippen LogP contribution >= 0.6 is 0 Å². The third kappa shape index (κ3) is 3.79. The number of hydrogen-bond donors (Lipinski definition) is 0. The second-order valence-electron chi connectivity index (χ2n) is 8.14. The maximum Gasteiger partial charge on any atom is 0.275 e. The van der Waals surface area contributed by atoms with E-state index in [0.29, 0.717) is 12.3 Å². The van der Waals surface area contributed by atoms with E-state index in [1.165, 1.54) is 0 Å². The fraction of sp³-hybridized carbons (Fsp3) is 0.619. The second kappa shape index (κ2) is 8.19. The Morgan fingerprint density at radius 3 is 3.00 bits per heavy atom. The van der Waals surface area contributed by atoms with Gasteiger partial charge in [0.2, 0.25) is 0 Å². The molecule has 2 aliphatic heterocycles. The third-order valence-electron chi connectivity index (χ3n) is 6.04. The van der Waals surface area contributed by atoms with Gasteiger partial charge >= 0.3 is 0 Å². The van der Waals surface area contributed by atoms with Crippen molar-refractivity contribution >= 4 is 16.8 Å². The first-order valence-corrected chi connectivity index (χ1v) is 10.1. The van der Waals surface area contributed by atoms with Gasteiger partial charge < -0.3 is 14.4 Å². The molecule has 1 amide bonds. The first-order valence-electron chi connectivity index (χ1n) is 10.1. The Kier molecular flexibility index (Phi) is 5.66. The van der Waals surface area contributed by atoms with Crippen LogP contribution in [0.3, 0.4) is 0 Å². The number of para-hydroxylation sites is 1. The predicted molar refractivity (Wildman–Crippen MR) is 107 cm³/mol. The number of aromatic nitrogens is 2. The molecule has 7 nitrogen and oxygen atoms in total. The van der Waals surface area contributed by atoms with Crippen molar-refractivity contribution in [3.63, 3.8) is 0 Å². The largest absolute Gasteiger partial charge is 0.383 e. The lowest BCUT2D eigenvalue weighted by atomic mass is 9.80. The number of benzene rings is 1. The molecule has 1 spiro atoms. The van der Waals surface area contributed by atoms with Gasteiger partial charge in [-0.3, -0.25) is 14.4 Å². The maximum absolute atomic E-state index is 13.4. The van der Waals surface area contributed by atoms with Crippen molar-refractivity contribution in [3.05, 3.63) is 30.0 Å². The predicted octanol–water partition coefficient (Wildman–Crippen LogP) is 1.77. The Morgan fingerprint density at radius 1 is 1.29 bits per heavy atom. The van der Waals surface area contributed by atoms with Crippen molar-refractivity contribution in [3.8, 4) is 0 Å². The molecule has 152 valence electrons. The molecular formula is C21H30N4O3. The highest BCUT2D eigenvalue weighted by molar-refractivity contribution is 6.04. The Morgan fingerprint density at radius 2 is 2.14 bits per heavy atom. The number of fused-ring (bicyclic) bond motifs is 1. The Hall–Kier alpha value is -1.96. The molecule has 1 aromatic carbocycles. The molecule has 2 fully saturated rings. The summed E-state index contributed by atoms with van der Waals surface area (Å²) in [5.74, 6) is 0.0311. The molecule has 2 saturated heterocycles. The minimum Gasteiger partial charge on any atom is -0.383 e. The molecule has 0 N–H and O–H groups in total. The van der Waals surface area contributed by atoms with Crippen LogP contribution in [0, 0.1) is 5.41 Å². The summed E-state index contributed by atoms with van der Waals surface area (Å²) >= 11 is 0. The van der Waals surface area contributed by atoms with E-state index in [2.05, 4.69) is 10.00 Å².